The van der Waals surface area contributed by atoms with E-state index in [1.165, 1.54) is 29.7 Å². The Bertz CT molecular complexity index is 1720. The number of nitrogens with one attached hydrogen (secondary N) is 1. The van der Waals surface area contributed by atoms with Gasteiger partial charge in [0.1, 0.15) is 23.0 Å². The third-order valence-electron chi connectivity index (χ3n) is 6.68. The molecule has 1 saturated heterocycles. The number of halogens is 6. The van der Waals surface area contributed by atoms with E-state index >= 15 is 0 Å². The standard InChI is InChI=1S/C26H22F6N2O9S2/c27-25(28,29)42-19-3-1-17(2-4-19)41-18-5-9-21(10-6-18)44(37,38)24(23(35)33-36)13-15-34(16-14-24)45(39,40)22-11-7-20(8-12-22)43-26(30,31)32/h1-12,36H,13-16H2,(H,33,35). The molecule has 11 nitrogen and oxygen atoms in total. The summed E-state index contributed by atoms with van der Waals surface area (Å²) < 4.78 is 140. The molecule has 3 aromatic rings. The Balaban J connectivity index is 1.50. The maximum Gasteiger partial charge on any atom is 0.573 e. The minimum atomic E-state index is -4.99. The van der Waals surface area contributed by atoms with Gasteiger partial charge in [0.25, 0.3) is 5.91 Å². The van der Waals surface area contributed by atoms with Gasteiger partial charge in [-0.2, -0.15) is 4.31 Å². The number of benzene rings is 3. The molecule has 0 aromatic heterocycles. The summed E-state index contributed by atoms with van der Waals surface area (Å²) in [5.74, 6) is -2.29. The number of nitrogens with zero attached hydrogens (tertiary/aromatic N) is 1. The summed E-state index contributed by atoms with van der Waals surface area (Å²) in [6.07, 6.45) is -11.1. The van der Waals surface area contributed by atoms with Crippen LogP contribution in [0, 0.1) is 0 Å². The Kier molecular flexibility index (Phi) is 9.30. The lowest BCUT2D eigenvalue weighted by atomic mass is 9.96. The topological polar surface area (TPSA) is 149 Å². The smallest absolute Gasteiger partial charge is 0.457 e. The van der Waals surface area contributed by atoms with Gasteiger partial charge in [-0.05, 0) is 85.6 Å². The van der Waals surface area contributed by atoms with Crippen molar-refractivity contribution in [3.63, 3.8) is 0 Å². The number of rotatable bonds is 9. The predicted molar refractivity (Wildman–Crippen MR) is 141 cm³/mol. The normalized spacial score (nSPS) is 16.1. The van der Waals surface area contributed by atoms with Gasteiger partial charge in [-0.15, -0.1) is 26.3 Å². The molecule has 0 spiro atoms. The second kappa shape index (κ2) is 12.4. The summed E-state index contributed by atoms with van der Waals surface area (Å²) in [6, 6.07) is 12.3. The molecule has 0 aliphatic carbocycles. The van der Waals surface area contributed by atoms with Crippen molar-refractivity contribution in [3.8, 4) is 23.0 Å². The molecule has 19 heteroatoms. The van der Waals surface area contributed by atoms with Gasteiger partial charge in [-0.1, -0.05) is 0 Å². The van der Waals surface area contributed by atoms with Crippen LogP contribution in [0.2, 0.25) is 0 Å². The molecular formula is C26H22F6N2O9S2. The van der Waals surface area contributed by atoms with Crippen molar-refractivity contribution in [1.29, 1.82) is 0 Å². The van der Waals surface area contributed by atoms with Crippen LogP contribution in [0.5, 0.6) is 23.0 Å². The van der Waals surface area contributed by atoms with Crippen LogP contribution in [0.25, 0.3) is 0 Å². The lowest BCUT2D eigenvalue weighted by molar-refractivity contribution is -0.275. The maximum atomic E-state index is 13.7. The number of sulfone groups is 1. The second-order valence-corrected chi connectivity index (χ2v) is 13.7. The van der Waals surface area contributed by atoms with Gasteiger partial charge in [0, 0.05) is 13.1 Å². The van der Waals surface area contributed by atoms with Crippen molar-refractivity contribution in [2.75, 3.05) is 13.1 Å². The van der Waals surface area contributed by atoms with Crippen LogP contribution in [0.15, 0.2) is 82.6 Å². The second-order valence-electron chi connectivity index (χ2n) is 9.45. The van der Waals surface area contributed by atoms with Gasteiger partial charge < -0.3 is 14.2 Å². The number of ether oxygens (including phenoxy) is 3. The fraction of sp³-hybridized carbons (Fsp3) is 0.269. The number of carbonyl (C=O) groups is 1. The van der Waals surface area contributed by atoms with Crippen molar-refractivity contribution < 1.29 is 67.4 Å². The molecule has 1 aliphatic heterocycles. The molecule has 244 valence electrons. The number of sulfonamides is 1. The zero-order valence-electron chi connectivity index (χ0n) is 22.5. The predicted octanol–water partition coefficient (Wildman–Crippen LogP) is 4.78. The summed E-state index contributed by atoms with van der Waals surface area (Å²) in [7, 11) is -8.93. The number of hydroxylamine groups is 1. The summed E-state index contributed by atoms with van der Waals surface area (Å²) in [5, 5.41) is 9.38. The van der Waals surface area contributed by atoms with Crippen LogP contribution in [0.4, 0.5) is 26.3 Å². The van der Waals surface area contributed by atoms with Gasteiger partial charge in [0.2, 0.25) is 10.0 Å². The number of hydrogen-bond acceptors (Lipinski definition) is 9. The van der Waals surface area contributed by atoms with Gasteiger partial charge in [-0.25, -0.2) is 22.3 Å². The Morgan fingerprint density at radius 3 is 1.49 bits per heavy atom. The van der Waals surface area contributed by atoms with Crippen molar-refractivity contribution in [2.24, 2.45) is 0 Å². The van der Waals surface area contributed by atoms with E-state index in [-0.39, 0.29) is 16.4 Å². The molecule has 0 bridgehead atoms. The first-order chi connectivity index (χ1) is 20.9. The highest BCUT2D eigenvalue weighted by atomic mass is 32.2. The first-order valence-corrected chi connectivity index (χ1v) is 15.5. The first-order valence-electron chi connectivity index (χ1n) is 12.6. The van der Waals surface area contributed by atoms with E-state index in [1.54, 1.807) is 0 Å². The van der Waals surface area contributed by atoms with Crippen LogP contribution in [0.1, 0.15) is 12.8 Å². The van der Waals surface area contributed by atoms with E-state index in [9.17, 15) is 53.2 Å². The highest BCUT2D eigenvalue weighted by molar-refractivity contribution is 7.93. The van der Waals surface area contributed by atoms with Gasteiger partial charge in [0.15, 0.2) is 14.6 Å². The molecular weight excluding hydrogens is 662 g/mol. The van der Waals surface area contributed by atoms with Crippen molar-refractivity contribution in [1.82, 2.24) is 9.79 Å². The average Bonchev–Trinajstić information content (AvgIpc) is 2.96. The zero-order valence-corrected chi connectivity index (χ0v) is 24.1. The van der Waals surface area contributed by atoms with E-state index in [1.807, 2.05) is 0 Å². The molecule has 0 radical (unpaired) electrons. The SMILES string of the molecule is O=C(NO)C1(S(=O)(=O)c2ccc(Oc3ccc(OC(F)(F)F)cc3)cc2)CCN(S(=O)(=O)c2ccc(OC(F)(F)F)cc2)CC1. The Labute approximate surface area is 251 Å². The molecule has 0 saturated carbocycles. The van der Waals surface area contributed by atoms with E-state index in [0.717, 1.165) is 52.8 Å². The molecule has 1 heterocycles. The lowest BCUT2D eigenvalue weighted by Gasteiger charge is -2.38. The van der Waals surface area contributed by atoms with Crippen molar-refractivity contribution >= 4 is 25.8 Å². The van der Waals surface area contributed by atoms with E-state index in [4.69, 9.17) is 4.74 Å². The zero-order chi connectivity index (χ0) is 33.3. The summed E-state index contributed by atoms with van der Waals surface area (Å²) >= 11 is 0. The Morgan fingerprint density at radius 1 is 0.689 bits per heavy atom. The third kappa shape index (κ3) is 7.60. The maximum absolute atomic E-state index is 13.7. The fourth-order valence-electron chi connectivity index (χ4n) is 4.53. The van der Waals surface area contributed by atoms with Crippen LogP contribution in [-0.2, 0) is 24.7 Å². The molecule has 2 N–H and O–H groups in total. The number of piperidine rings is 1. The van der Waals surface area contributed by atoms with Gasteiger partial charge in [0.05, 0.1) is 9.79 Å². The lowest BCUT2D eigenvalue weighted by Crippen LogP contribution is -2.58. The van der Waals surface area contributed by atoms with Crippen LogP contribution < -0.4 is 19.7 Å². The molecule has 45 heavy (non-hydrogen) atoms. The molecule has 0 atom stereocenters. The van der Waals surface area contributed by atoms with Gasteiger partial charge >= 0.3 is 12.7 Å². The monoisotopic (exact) mass is 684 g/mol. The molecule has 1 fully saturated rings. The largest absolute Gasteiger partial charge is 0.573 e. The summed E-state index contributed by atoms with van der Waals surface area (Å²) in [6.45, 7) is -1.02. The minimum Gasteiger partial charge on any atom is -0.457 e. The Morgan fingerprint density at radius 2 is 1.07 bits per heavy atom. The van der Waals surface area contributed by atoms with Crippen molar-refractivity contribution in [3.05, 3.63) is 72.8 Å². The third-order valence-corrected chi connectivity index (χ3v) is 11.1. The number of alkyl halides is 6. The van der Waals surface area contributed by atoms with Crippen molar-refractivity contribution in [2.45, 2.75) is 40.1 Å². The quantitative estimate of drug-likeness (QED) is 0.185. The molecule has 3 aromatic carbocycles. The Hall–Kier alpha value is -4.07. The number of hydrogen-bond donors (Lipinski definition) is 2. The first kappa shape index (κ1) is 33.8. The number of amides is 1. The van der Waals surface area contributed by atoms with Gasteiger partial charge in [-0.3, -0.25) is 10.0 Å². The molecule has 1 aliphatic rings. The summed E-state index contributed by atoms with van der Waals surface area (Å²) in [5.41, 5.74) is 1.33. The van der Waals surface area contributed by atoms with Crippen LogP contribution >= 0.6 is 0 Å². The van der Waals surface area contributed by atoms with Crippen LogP contribution in [-0.4, -0.2) is 62.8 Å². The summed E-state index contributed by atoms with van der Waals surface area (Å²) in [4.78, 5) is 12.0. The van der Waals surface area contributed by atoms with E-state index < -0.39 is 85.6 Å². The highest BCUT2D eigenvalue weighted by Gasteiger charge is 2.54. The molecule has 1 amide bonds. The fourth-order valence-corrected chi connectivity index (χ4v) is 7.92. The minimum absolute atomic E-state index is 0.0756. The number of carbonyl (C=O) groups excluding carboxylic acids is 1. The van der Waals surface area contributed by atoms with E-state index in [2.05, 4.69) is 9.47 Å². The highest BCUT2D eigenvalue weighted by Crippen LogP contribution is 2.38. The average molecular weight is 685 g/mol. The molecule has 4 rings (SSSR count). The molecule has 0 unspecified atom stereocenters. The van der Waals surface area contributed by atoms with Crippen LogP contribution in [0.3, 0.4) is 0 Å². The van der Waals surface area contributed by atoms with E-state index in [0.29, 0.717) is 0 Å².